The highest BCUT2D eigenvalue weighted by molar-refractivity contribution is 5.71. The molecule has 0 radical (unpaired) electrons. The maximum atomic E-state index is 10.1. The van der Waals surface area contributed by atoms with E-state index in [0.717, 1.165) is 0 Å². The lowest BCUT2D eigenvalue weighted by molar-refractivity contribution is -0.158. The number of amides is 2. The minimum Gasteiger partial charge on any atom is -0.479 e. The van der Waals surface area contributed by atoms with Crippen molar-refractivity contribution in [2.45, 2.75) is 0 Å². The van der Waals surface area contributed by atoms with Gasteiger partial charge >= 0.3 is 12.0 Å². The number of hydroxylamine groups is 2. The number of nitrogens with two attached hydrogens (primary N) is 1. The van der Waals surface area contributed by atoms with Crippen molar-refractivity contribution in [3.05, 3.63) is 0 Å². The van der Waals surface area contributed by atoms with Crippen molar-refractivity contribution >= 4 is 12.0 Å². The van der Waals surface area contributed by atoms with Crippen LogP contribution in [0.15, 0.2) is 0 Å². The van der Waals surface area contributed by atoms with Gasteiger partial charge in [-0.3, -0.25) is 4.84 Å². The molecule has 6 nitrogen and oxygen atoms in total. The summed E-state index contributed by atoms with van der Waals surface area (Å²) in [6.07, 6.45) is 0. The molecule has 0 unspecified atom stereocenters. The number of rotatable bonds is 3. The molecule has 0 aliphatic rings. The molecule has 0 aromatic carbocycles. The van der Waals surface area contributed by atoms with E-state index in [0.29, 0.717) is 5.06 Å². The lowest BCUT2D eigenvalue weighted by atomic mass is 10.8. The Morgan fingerprint density at radius 2 is 2.20 bits per heavy atom. The highest BCUT2D eigenvalue weighted by atomic mass is 16.7. The van der Waals surface area contributed by atoms with E-state index < -0.39 is 18.6 Å². The Balaban J connectivity index is 3.49. The van der Waals surface area contributed by atoms with Crippen LogP contribution in [0, 0.1) is 0 Å². The Hall–Kier alpha value is -1.30. The van der Waals surface area contributed by atoms with Crippen LogP contribution in [0.3, 0.4) is 0 Å². The molecule has 3 N–H and O–H groups in total. The number of carboxylic acid groups (broad SMARTS) is 1. The van der Waals surface area contributed by atoms with Gasteiger partial charge in [-0.05, 0) is 0 Å². The Labute approximate surface area is 57.1 Å². The smallest absolute Gasteiger partial charge is 0.338 e. The van der Waals surface area contributed by atoms with Crippen molar-refractivity contribution in [3.8, 4) is 0 Å². The third-order valence-electron chi connectivity index (χ3n) is 0.692. The zero-order valence-corrected chi connectivity index (χ0v) is 5.40. The Bertz CT molecular complexity index is 146. The summed E-state index contributed by atoms with van der Waals surface area (Å²) in [4.78, 5) is 24.3. The van der Waals surface area contributed by atoms with E-state index in [1.165, 1.54) is 7.05 Å². The molecule has 0 saturated heterocycles. The third-order valence-corrected chi connectivity index (χ3v) is 0.692. The van der Waals surface area contributed by atoms with E-state index >= 15 is 0 Å². The summed E-state index contributed by atoms with van der Waals surface area (Å²) in [7, 11) is 1.23. The van der Waals surface area contributed by atoms with Crippen molar-refractivity contribution in [2.75, 3.05) is 13.7 Å². The van der Waals surface area contributed by atoms with Gasteiger partial charge in [-0.1, -0.05) is 0 Å². The van der Waals surface area contributed by atoms with Crippen molar-refractivity contribution in [1.29, 1.82) is 0 Å². The molecule has 0 spiro atoms. The van der Waals surface area contributed by atoms with Gasteiger partial charge in [-0.2, -0.15) is 0 Å². The van der Waals surface area contributed by atoms with Crippen LogP contribution in [0.25, 0.3) is 0 Å². The molecule has 0 aliphatic heterocycles. The van der Waals surface area contributed by atoms with Crippen LogP contribution >= 0.6 is 0 Å². The summed E-state index contributed by atoms with van der Waals surface area (Å²) in [6.45, 7) is -0.570. The fraction of sp³-hybridized carbons (Fsp3) is 0.500. The number of carbonyl (C=O) groups is 2. The number of carbonyl (C=O) groups excluding carboxylic acids is 1. The predicted molar refractivity (Wildman–Crippen MR) is 30.9 cm³/mol. The van der Waals surface area contributed by atoms with E-state index in [1.807, 2.05) is 0 Å². The van der Waals surface area contributed by atoms with Gasteiger partial charge in [-0.15, -0.1) is 0 Å². The lowest BCUT2D eigenvalue weighted by Gasteiger charge is -2.10. The molecule has 0 atom stereocenters. The van der Waals surface area contributed by atoms with E-state index in [4.69, 9.17) is 10.8 Å². The van der Waals surface area contributed by atoms with Gasteiger partial charge in [0.05, 0.1) is 0 Å². The summed E-state index contributed by atoms with van der Waals surface area (Å²) in [6, 6.07) is -0.832. The molecule has 6 heteroatoms. The van der Waals surface area contributed by atoms with Gasteiger partial charge in [0.1, 0.15) is 0 Å². The molecule has 58 valence electrons. The molecular weight excluding hydrogens is 140 g/mol. The summed E-state index contributed by atoms with van der Waals surface area (Å²) < 4.78 is 0. The summed E-state index contributed by atoms with van der Waals surface area (Å²) in [5.74, 6) is -1.16. The lowest BCUT2D eigenvalue weighted by Crippen LogP contribution is -2.33. The normalized spacial score (nSPS) is 8.90. The predicted octanol–water partition coefficient (Wildman–Crippen LogP) is -0.987. The van der Waals surface area contributed by atoms with Gasteiger partial charge in [0.2, 0.25) is 0 Å². The standard InChI is InChI=1S/C4H8N2O4/c1-6(4(5)9)10-2-3(7)8/h2H2,1H3,(H2,5,9)(H,7,8). The first kappa shape index (κ1) is 8.70. The highest BCUT2D eigenvalue weighted by Crippen LogP contribution is 1.82. The fourth-order valence-electron chi connectivity index (χ4n) is 0.216. The van der Waals surface area contributed by atoms with E-state index in [1.54, 1.807) is 0 Å². The van der Waals surface area contributed by atoms with Crippen LogP contribution in [0.2, 0.25) is 0 Å². The Morgan fingerprint density at radius 3 is 2.50 bits per heavy atom. The van der Waals surface area contributed by atoms with E-state index in [-0.39, 0.29) is 0 Å². The first-order valence-electron chi connectivity index (χ1n) is 2.42. The molecule has 0 heterocycles. The number of carboxylic acids is 1. The number of primary amides is 1. The molecule has 0 aromatic rings. The molecule has 0 bridgehead atoms. The molecular formula is C4H8N2O4. The van der Waals surface area contributed by atoms with Crippen LogP contribution in [0.4, 0.5) is 4.79 Å². The number of urea groups is 1. The minimum atomic E-state index is -1.16. The fourth-order valence-corrected chi connectivity index (χ4v) is 0.216. The van der Waals surface area contributed by atoms with Crippen LogP contribution in [-0.4, -0.2) is 35.8 Å². The number of nitrogens with zero attached hydrogens (tertiary/aromatic N) is 1. The van der Waals surface area contributed by atoms with Crippen molar-refractivity contribution in [2.24, 2.45) is 5.73 Å². The van der Waals surface area contributed by atoms with Crippen LogP contribution in [0.1, 0.15) is 0 Å². The van der Waals surface area contributed by atoms with Gasteiger partial charge in [0, 0.05) is 7.05 Å². The maximum absolute atomic E-state index is 10.1. The second-order valence-corrected chi connectivity index (χ2v) is 1.50. The summed E-state index contributed by atoms with van der Waals surface area (Å²) in [5, 5.41) is 8.69. The number of hydrogen-bond donors (Lipinski definition) is 2. The minimum absolute atomic E-state index is 0.570. The summed E-state index contributed by atoms with van der Waals surface area (Å²) in [5.41, 5.74) is 4.69. The quantitative estimate of drug-likeness (QED) is 0.502. The molecule has 2 amide bonds. The molecule has 0 saturated carbocycles. The first-order chi connectivity index (χ1) is 4.54. The van der Waals surface area contributed by atoms with Crippen LogP contribution in [-0.2, 0) is 9.63 Å². The van der Waals surface area contributed by atoms with Crippen LogP contribution < -0.4 is 5.73 Å². The second kappa shape index (κ2) is 3.67. The van der Waals surface area contributed by atoms with Gasteiger partial charge in [0.25, 0.3) is 0 Å². The number of hydrogen-bond acceptors (Lipinski definition) is 3. The van der Waals surface area contributed by atoms with Crippen LogP contribution in [0.5, 0.6) is 0 Å². The molecule has 0 aliphatic carbocycles. The third kappa shape index (κ3) is 3.67. The molecule has 0 rings (SSSR count). The van der Waals surface area contributed by atoms with E-state index in [2.05, 4.69) is 4.84 Å². The average molecular weight is 148 g/mol. The SMILES string of the molecule is CN(OCC(=O)O)C(N)=O. The zero-order valence-electron chi connectivity index (χ0n) is 5.40. The van der Waals surface area contributed by atoms with Crippen molar-refractivity contribution in [1.82, 2.24) is 5.06 Å². The Morgan fingerprint density at radius 1 is 1.70 bits per heavy atom. The monoisotopic (exact) mass is 148 g/mol. The van der Waals surface area contributed by atoms with Crippen molar-refractivity contribution in [3.63, 3.8) is 0 Å². The van der Waals surface area contributed by atoms with Gasteiger partial charge < -0.3 is 10.8 Å². The summed E-state index contributed by atoms with van der Waals surface area (Å²) >= 11 is 0. The maximum Gasteiger partial charge on any atom is 0.338 e. The van der Waals surface area contributed by atoms with Gasteiger partial charge in [-0.25, -0.2) is 14.7 Å². The largest absolute Gasteiger partial charge is 0.479 e. The van der Waals surface area contributed by atoms with Crippen molar-refractivity contribution < 1.29 is 19.5 Å². The average Bonchev–Trinajstić information content (AvgIpc) is 1.82. The van der Waals surface area contributed by atoms with E-state index in [9.17, 15) is 9.59 Å². The highest BCUT2D eigenvalue weighted by Gasteiger charge is 2.04. The Kier molecular flexibility index (Phi) is 3.20. The van der Waals surface area contributed by atoms with Gasteiger partial charge in [0.15, 0.2) is 6.61 Å². The first-order valence-corrected chi connectivity index (χ1v) is 2.42. The molecule has 10 heavy (non-hydrogen) atoms. The second-order valence-electron chi connectivity index (χ2n) is 1.50. The molecule has 0 aromatic heterocycles. The topological polar surface area (TPSA) is 92.9 Å². The molecule has 0 fully saturated rings. The number of aliphatic carboxylic acids is 1. The zero-order chi connectivity index (χ0) is 8.15.